The molecule has 2 unspecified atom stereocenters. The summed E-state index contributed by atoms with van der Waals surface area (Å²) in [5.41, 5.74) is 0. The Morgan fingerprint density at radius 3 is 2.71 bits per heavy atom. The van der Waals surface area contributed by atoms with Gasteiger partial charge in [-0.3, -0.25) is 4.79 Å². The Morgan fingerprint density at radius 1 is 1.35 bits per heavy atom. The van der Waals surface area contributed by atoms with Crippen LogP contribution >= 0.6 is 0 Å². The quantitative estimate of drug-likeness (QED) is 0.770. The van der Waals surface area contributed by atoms with Crippen LogP contribution in [-0.4, -0.2) is 25.0 Å². The third kappa shape index (κ3) is 3.70. The second-order valence-corrected chi connectivity index (χ2v) is 5.69. The van der Waals surface area contributed by atoms with E-state index in [9.17, 15) is 4.79 Å². The van der Waals surface area contributed by atoms with Crippen LogP contribution in [-0.2, 0) is 4.79 Å². The summed E-state index contributed by atoms with van der Waals surface area (Å²) in [6, 6.07) is 0.375. The highest BCUT2D eigenvalue weighted by Gasteiger charge is 2.26. The Kier molecular flexibility index (Phi) is 4.84. The van der Waals surface area contributed by atoms with Crippen molar-refractivity contribution in [2.45, 2.75) is 57.9 Å². The first-order chi connectivity index (χ1) is 8.29. The Morgan fingerprint density at radius 2 is 2.12 bits per heavy atom. The number of carbonyl (C=O) groups is 1. The van der Waals surface area contributed by atoms with Gasteiger partial charge in [0.1, 0.15) is 0 Å². The molecule has 0 aromatic rings. The Labute approximate surface area is 105 Å². The van der Waals surface area contributed by atoms with E-state index in [0.29, 0.717) is 11.9 Å². The Balaban J connectivity index is 1.77. The van der Waals surface area contributed by atoms with Crippen LogP contribution in [0, 0.1) is 11.8 Å². The summed E-state index contributed by atoms with van der Waals surface area (Å²) in [4.78, 5) is 12.2. The van der Waals surface area contributed by atoms with Gasteiger partial charge in [0.25, 0.3) is 0 Å². The highest BCUT2D eigenvalue weighted by Crippen LogP contribution is 2.31. The number of amides is 1. The lowest BCUT2D eigenvalue weighted by atomic mass is 9.90. The lowest BCUT2D eigenvalue weighted by Crippen LogP contribution is -2.40. The molecule has 2 N–H and O–H groups in total. The molecule has 1 aliphatic heterocycles. The van der Waals surface area contributed by atoms with Gasteiger partial charge in [-0.2, -0.15) is 0 Å². The van der Waals surface area contributed by atoms with E-state index in [2.05, 4.69) is 17.6 Å². The van der Waals surface area contributed by atoms with Crippen molar-refractivity contribution >= 4 is 5.91 Å². The minimum absolute atomic E-state index is 0.249. The monoisotopic (exact) mass is 238 g/mol. The summed E-state index contributed by atoms with van der Waals surface area (Å²) >= 11 is 0. The van der Waals surface area contributed by atoms with E-state index in [0.717, 1.165) is 38.3 Å². The van der Waals surface area contributed by atoms with Crippen molar-refractivity contribution in [2.75, 3.05) is 13.1 Å². The molecule has 1 amide bonds. The highest BCUT2D eigenvalue weighted by atomic mass is 16.1. The fourth-order valence-electron chi connectivity index (χ4n) is 3.20. The van der Waals surface area contributed by atoms with Gasteiger partial charge in [-0.1, -0.05) is 32.6 Å². The fourth-order valence-corrected chi connectivity index (χ4v) is 3.20. The molecule has 0 spiro atoms. The molecule has 3 heteroatoms. The van der Waals surface area contributed by atoms with Crippen molar-refractivity contribution in [3.8, 4) is 0 Å². The van der Waals surface area contributed by atoms with Crippen LogP contribution in [0.2, 0.25) is 0 Å². The molecule has 0 aromatic heterocycles. The zero-order chi connectivity index (χ0) is 12.1. The predicted octanol–water partition coefficient (Wildman–Crippen LogP) is 2.07. The van der Waals surface area contributed by atoms with Crippen LogP contribution in [0.25, 0.3) is 0 Å². The van der Waals surface area contributed by atoms with Crippen molar-refractivity contribution < 1.29 is 4.79 Å². The maximum Gasteiger partial charge on any atom is 0.223 e. The average Bonchev–Trinajstić information content (AvgIpc) is 2.97. The van der Waals surface area contributed by atoms with E-state index < -0.39 is 0 Å². The summed E-state index contributed by atoms with van der Waals surface area (Å²) in [5, 5.41) is 6.50. The second kappa shape index (κ2) is 6.39. The maximum atomic E-state index is 12.2. The van der Waals surface area contributed by atoms with Crippen molar-refractivity contribution in [2.24, 2.45) is 11.8 Å². The van der Waals surface area contributed by atoms with Gasteiger partial charge in [0.05, 0.1) is 0 Å². The van der Waals surface area contributed by atoms with Gasteiger partial charge in [0.15, 0.2) is 0 Å². The lowest BCUT2D eigenvalue weighted by molar-refractivity contribution is -0.126. The molecule has 0 radical (unpaired) electrons. The molecule has 17 heavy (non-hydrogen) atoms. The van der Waals surface area contributed by atoms with Crippen molar-refractivity contribution in [3.63, 3.8) is 0 Å². The first-order valence-electron chi connectivity index (χ1n) is 7.30. The molecule has 98 valence electrons. The van der Waals surface area contributed by atoms with Gasteiger partial charge in [-0.15, -0.1) is 0 Å². The second-order valence-electron chi connectivity index (χ2n) is 5.69. The Hall–Kier alpha value is -0.570. The van der Waals surface area contributed by atoms with Crippen LogP contribution < -0.4 is 10.6 Å². The van der Waals surface area contributed by atoms with Crippen LogP contribution in [0.3, 0.4) is 0 Å². The van der Waals surface area contributed by atoms with Gasteiger partial charge in [-0.05, 0) is 31.7 Å². The molecule has 1 aliphatic carbocycles. The average molecular weight is 238 g/mol. The predicted molar refractivity (Wildman–Crippen MR) is 69.8 cm³/mol. The smallest absolute Gasteiger partial charge is 0.223 e. The van der Waals surface area contributed by atoms with Gasteiger partial charge in [0.2, 0.25) is 5.91 Å². The summed E-state index contributed by atoms with van der Waals surface area (Å²) in [6.45, 7) is 4.14. The van der Waals surface area contributed by atoms with Crippen molar-refractivity contribution in [3.05, 3.63) is 0 Å². The number of hydrogen-bond donors (Lipinski definition) is 2. The van der Waals surface area contributed by atoms with E-state index in [4.69, 9.17) is 0 Å². The normalized spacial score (nSPS) is 27.2. The third-order valence-electron chi connectivity index (χ3n) is 4.36. The zero-order valence-corrected chi connectivity index (χ0v) is 11.0. The molecule has 2 rings (SSSR count). The fraction of sp³-hybridized carbons (Fsp3) is 0.929. The van der Waals surface area contributed by atoms with Crippen LogP contribution in [0.5, 0.6) is 0 Å². The summed E-state index contributed by atoms with van der Waals surface area (Å²) in [7, 11) is 0. The molecule has 2 atom stereocenters. The van der Waals surface area contributed by atoms with Crippen LogP contribution in [0.1, 0.15) is 51.9 Å². The molecule has 0 aromatic carbocycles. The molecule has 2 fully saturated rings. The number of carbonyl (C=O) groups excluding carboxylic acids is 1. The maximum absolute atomic E-state index is 12.2. The first-order valence-corrected chi connectivity index (χ1v) is 7.30. The molecule has 1 saturated heterocycles. The SMILES string of the molecule is CCC(CC1CCCC1)C(=O)NC1CCNC1. The van der Waals surface area contributed by atoms with E-state index in [1.165, 1.54) is 25.7 Å². The van der Waals surface area contributed by atoms with Gasteiger partial charge in [-0.25, -0.2) is 0 Å². The van der Waals surface area contributed by atoms with E-state index >= 15 is 0 Å². The number of rotatable bonds is 5. The molecule has 1 saturated carbocycles. The summed E-state index contributed by atoms with van der Waals surface area (Å²) in [5.74, 6) is 1.36. The van der Waals surface area contributed by atoms with Gasteiger partial charge in [0, 0.05) is 18.5 Å². The first kappa shape index (κ1) is 12.9. The largest absolute Gasteiger partial charge is 0.352 e. The third-order valence-corrected chi connectivity index (χ3v) is 4.36. The number of hydrogen-bond acceptors (Lipinski definition) is 2. The molecule has 1 heterocycles. The van der Waals surface area contributed by atoms with E-state index in [1.807, 2.05) is 0 Å². The standard InChI is InChI=1S/C14H26N2O/c1-2-12(9-11-5-3-4-6-11)14(17)16-13-7-8-15-10-13/h11-13,15H,2-10H2,1H3,(H,16,17). The summed E-state index contributed by atoms with van der Waals surface area (Å²) in [6.07, 6.45) is 8.62. The van der Waals surface area contributed by atoms with Crippen molar-refractivity contribution in [1.29, 1.82) is 0 Å². The van der Waals surface area contributed by atoms with Crippen LogP contribution in [0.15, 0.2) is 0 Å². The van der Waals surface area contributed by atoms with E-state index in [1.54, 1.807) is 0 Å². The lowest BCUT2D eigenvalue weighted by Gasteiger charge is -2.21. The number of nitrogens with one attached hydrogen (secondary N) is 2. The van der Waals surface area contributed by atoms with E-state index in [-0.39, 0.29) is 5.92 Å². The summed E-state index contributed by atoms with van der Waals surface area (Å²) < 4.78 is 0. The molecular formula is C14H26N2O. The highest BCUT2D eigenvalue weighted by molar-refractivity contribution is 5.79. The topological polar surface area (TPSA) is 41.1 Å². The molecule has 2 aliphatic rings. The molecule has 0 bridgehead atoms. The molecule has 3 nitrogen and oxygen atoms in total. The Bertz CT molecular complexity index is 243. The van der Waals surface area contributed by atoms with Gasteiger partial charge >= 0.3 is 0 Å². The van der Waals surface area contributed by atoms with Crippen molar-refractivity contribution in [1.82, 2.24) is 10.6 Å². The minimum Gasteiger partial charge on any atom is -0.352 e. The van der Waals surface area contributed by atoms with Gasteiger partial charge < -0.3 is 10.6 Å². The zero-order valence-electron chi connectivity index (χ0n) is 11.0. The van der Waals surface area contributed by atoms with Crippen LogP contribution in [0.4, 0.5) is 0 Å². The minimum atomic E-state index is 0.249. The molecular weight excluding hydrogens is 212 g/mol.